The lowest BCUT2D eigenvalue weighted by molar-refractivity contribution is -0.197. The lowest BCUT2D eigenvalue weighted by Gasteiger charge is -2.24. The summed E-state index contributed by atoms with van der Waals surface area (Å²) in [6.07, 6.45) is -4.76. The first-order valence-corrected chi connectivity index (χ1v) is 4.43. The van der Waals surface area contributed by atoms with Gasteiger partial charge in [-0.3, -0.25) is 4.79 Å². The first-order chi connectivity index (χ1) is 7.30. The Morgan fingerprint density at radius 3 is 2.44 bits per heavy atom. The van der Waals surface area contributed by atoms with Gasteiger partial charge in [0.05, 0.1) is 5.69 Å². The van der Waals surface area contributed by atoms with Gasteiger partial charge in [0, 0.05) is 6.92 Å². The van der Waals surface area contributed by atoms with E-state index in [1.54, 1.807) is 13.0 Å². The van der Waals surface area contributed by atoms with Crippen LogP contribution in [-0.4, -0.2) is 12.3 Å². The second-order valence-electron chi connectivity index (χ2n) is 3.18. The van der Waals surface area contributed by atoms with E-state index >= 15 is 0 Å². The van der Waals surface area contributed by atoms with Gasteiger partial charge in [0.15, 0.2) is 0 Å². The van der Waals surface area contributed by atoms with Gasteiger partial charge in [0.25, 0.3) is 0 Å². The van der Waals surface area contributed by atoms with Crippen LogP contribution in [0.15, 0.2) is 24.3 Å². The number of halogens is 3. The highest BCUT2D eigenvalue weighted by atomic mass is 19.4. The van der Waals surface area contributed by atoms with Crippen LogP contribution in [0.5, 0.6) is 0 Å². The molecular weight excluding hydrogens is 223 g/mol. The normalized spacial score (nSPS) is 11.1. The number of hydroxylamine groups is 1. The number of rotatable bonds is 2. The van der Waals surface area contributed by atoms with E-state index in [-0.39, 0.29) is 10.8 Å². The Bertz CT molecular complexity index is 390. The van der Waals surface area contributed by atoms with E-state index < -0.39 is 12.3 Å². The Morgan fingerprint density at radius 1 is 1.38 bits per heavy atom. The predicted octanol–water partition coefficient (Wildman–Crippen LogP) is 2.80. The molecule has 0 bridgehead atoms. The first-order valence-electron chi connectivity index (χ1n) is 4.43. The molecule has 6 heteroatoms. The molecule has 0 unspecified atom stereocenters. The zero-order valence-electron chi connectivity index (χ0n) is 8.71. The molecule has 0 radical (unpaired) electrons. The Hall–Kier alpha value is -1.72. The minimum atomic E-state index is -4.76. The van der Waals surface area contributed by atoms with E-state index in [1.807, 2.05) is 0 Å². The molecule has 0 N–H and O–H groups in total. The van der Waals surface area contributed by atoms with Crippen LogP contribution in [0.4, 0.5) is 18.9 Å². The van der Waals surface area contributed by atoms with Crippen LogP contribution in [0.2, 0.25) is 0 Å². The van der Waals surface area contributed by atoms with Crippen molar-refractivity contribution < 1.29 is 22.8 Å². The molecule has 1 aromatic carbocycles. The maximum Gasteiger partial charge on any atom is 0.517 e. The maximum atomic E-state index is 12.5. The van der Waals surface area contributed by atoms with Gasteiger partial charge in [-0.2, -0.15) is 0 Å². The van der Waals surface area contributed by atoms with Gasteiger partial charge in [-0.1, -0.05) is 12.1 Å². The third kappa shape index (κ3) is 3.15. The summed E-state index contributed by atoms with van der Waals surface area (Å²) in [5, 5.41) is -0.359. The summed E-state index contributed by atoms with van der Waals surface area (Å²) in [4.78, 5) is 14.7. The maximum absolute atomic E-state index is 12.5. The standard InChI is InChI=1S/C10H10F3NO2/c1-7-4-3-5-9(6-7)14(10(11,12)13)16-8(2)15/h3-6H,1-2H3. The van der Waals surface area contributed by atoms with E-state index in [0.29, 0.717) is 5.56 Å². The summed E-state index contributed by atoms with van der Waals surface area (Å²) in [7, 11) is 0. The molecular formula is C10H10F3NO2. The fourth-order valence-corrected chi connectivity index (χ4v) is 1.13. The summed E-state index contributed by atoms with van der Waals surface area (Å²) in [6.45, 7) is 2.56. The predicted molar refractivity (Wildman–Crippen MR) is 51.5 cm³/mol. The topological polar surface area (TPSA) is 29.5 Å². The largest absolute Gasteiger partial charge is 0.517 e. The number of benzene rings is 1. The number of nitrogens with zero attached hydrogens (tertiary/aromatic N) is 1. The van der Waals surface area contributed by atoms with Crippen LogP contribution >= 0.6 is 0 Å². The number of aryl methyl sites for hydroxylation is 1. The van der Waals surface area contributed by atoms with E-state index in [2.05, 4.69) is 4.84 Å². The van der Waals surface area contributed by atoms with E-state index in [4.69, 9.17) is 0 Å². The smallest absolute Gasteiger partial charge is 0.333 e. The summed E-state index contributed by atoms with van der Waals surface area (Å²) < 4.78 is 37.6. The lowest BCUT2D eigenvalue weighted by atomic mass is 10.2. The molecule has 0 aromatic heterocycles. The van der Waals surface area contributed by atoms with Crippen molar-refractivity contribution >= 4 is 11.7 Å². The Labute approximate surface area is 90.4 Å². The minimum absolute atomic E-state index is 0.234. The van der Waals surface area contributed by atoms with Crippen LogP contribution in [0.25, 0.3) is 0 Å². The summed E-state index contributed by atoms with van der Waals surface area (Å²) >= 11 is 0. The van der Waals surface area contributed by atoms with E-state index in [9.17, 15) is 18.0 Å². The molecule has 16 heavy (non-hydrogen) atoms. The second kappa shape index (κ2) is 4.42. The molecule has 3 nitrogen and oxygen atoms in total. The highest BCUT2D eigenvalue weighted by Crippen LogP contribution is 2.29. The molecule has 0 aliphatic carbocycles. The Kier molecular flexibility index (Phi) is 3.41. The van der Waals surface area contributed by atoms with E-state index in [1.165, 1.54) is 18.2 Å². The number of hydrogen-bond acceptors (Lipinski definition) is 3. The summed E-state index contributed by atoms with van der Waals surface area (Å²) in [6, 6.07) is 5.58. The molecule has 1 aromatic rings. The summed E-state index contributed by atoms with van der Waals surface area (Å²) in [5.41, 5.74) is 0.404. The number of carbonyl (C=O) groups is 1. The van der Waals surface area contributed by atoms with Gasteiger partial charge in [0.1, 0.15) is 0 Å². The van der Waals surface area contributed by atoms with Gasteiger partial charge in [-0.15, -0.1) is 18.2 Å². The van der Waals surface area contributed by atoms with Crippen molar-refractivity contribution in [2.24, 2.45) is 0 Å². The Morgan fingerprint density at radius 2 is 2.00 bits per heavy atom. The van der Waals surface area contributed by atoms with Crippen molar-refractivity contribution in [3.8, 4) is 0 Å². The molecule has 0 fully saturated rings. The van der Waals surface area contributed by atoms with E-state index in [0.717, 1.165) is 6.92 Å². The average molecular weight is 233 g/mol. The fraction of sp³-hybridized carbons (Fsp3) is 0.300. The molecule has 0 aliphatic rings. The molecule has 88 valence electrons. The van der Waals surface area contributed by atoms with Gasteiger partial charge in [-0.25, -0.2) is 0 Å². The highest BCUT2D eigenvalue weighted by Gasteiger charge is 2.41. The zero-order chi connectivity index (χ0) is 12.3. The molecule has 0 saturated carbocycles. The molecule has 0 amide bonds. The van der Waals surface area contributed by atoms with Gasteiger partial charge >= 0.3 is 12.3 Å². The third-order valence-electron chi connectivity index (χ3n) is 1.69. The molecule has 0 spiro atoms. The molecule has 1 rings (SSSR count). The molecule has 0 saturated heterocycles. The van der Waals surface area contributed by atoms with Crippen molar-refractivity contribution in [3.05, 3.63) is 29.8 Å². The molecule has 0 heterocycles. The van der Waals surface area contributed by atoms with Crippen LogP contribution in [-0.2, 0) is 9.63 Å². The molecule has 0 aliphatic heterocycles. The van der Waals surface area contributed by atoms with Crippen molar-refractivity contribution in [2.75, 3.05) is 5.06 Å². The van der Waals surface area contributed by atoms with Crippen molar-refractivity contribution in [1.29, 1.82) is 0 Å². The zero-order valence-corrected chi connectivity index (χ0v) is 8.71. The first kappa shape index (κ1) is 12.4. The number of alkyl halides is 3. The summed E-state index contributed by atoms with van der Waals surface area (Å²) in [5.74, 6) is -1.03. The van der Waals surface area contributed by atoms with Gasteiger partial charge in [-0.05, 0) is 24.6 Å². The Balaban J connectivity index is 3.06. The average Bonchev–Trinajstić information content (AvgIpc) is 2.12. The lowest BCUT2D eigenvalue weighted by Crippen LogP contribution is -2.39. The van der Waals surface area contributed by atoms with Crippen molar-refractivity contribution in [2.45, 2.75) is 20.1 Å². The van der Waals surface area contributed by atoms with Crippen LogP contribution < -0.4 is 5.06 Å². The van der Waals surface area contributed by atoms with Crippen molar-refractivity contribution in [3.63, 3.8) is 0 Å². The molecule has 0 atom stereocenters. The SMILES string of the molecule is CC(=O)ON(c1cccc(C)c1)C(F)(F)F. The van der Waals surface area contributed by atoms with Crippen LogP contribution in [0.3, 0.4) is 0 Å². The van der Waals surface area contributed by atoms with Gasteiger partial charge in [0.2, 0.25) is 0 Å². The van der Waals surface area contributed by atoms with Gasteiger partial charge < -0.3 is 4.84 Å². The van der Waals surface area contributed by atoms with Crippen LogP contribution in [0, 0.1) is 6.92 Å². The minimum Gasteiger partial charge on any atom is -0.333 e. The third-order valence-corrected chi connectivity index (χ3v) is 1.69. The number of anilines is 1. The number of hydrogen-bond donors (Lipinski definition) is 0. The second-order valence-corrected chi connectivity index (χ2v) is 3.18. The monoisotopic (exact) mass is 233 g/mol. The van der Waals surface area contributed by atoms with Crippen LogP contribution in [0.1, 0.15) is 12.5 Å². The number of carbonyl (C=O) groups excluding carboxylic acids is 1. The quantitative estimate of drug-likeness (QED) is 0.581. The van der Waals surface area contributed by atoms with Crippen molar-refractivity contribution in [1.82, 2.24) is 0 Å². The fourth-order valence-electron chi connectivity index (χ4n) is 1.13. The highest BCUT2D eigenvalue weighted by molar-refractivity contribution is 5.68.